The number of Topliss-reactive ketones (excluding diaryl/α,β-unsaturated/α-hetero) is 1. The lowest BCUT2D eigenvalue weighted by Gasteiger charge is -2.20. The van der Waals surface area contributed by atoms with Crippen LogP contribution in [0.3, 0.4) is 0 Å². The van der Waals surface area contributed by atoms with Crippen LogP contribution >= 0.6 is 23.1 Å². The van der Waals surface area contributed by atoms with Crippen molar-refractivity contribution < 1.29 is 19.1 Å². The molecule has 36 heavy (non-hydrogen) atoms. The van der Waals surface area contributed by atoms with Gasteiger partial charge in [-0.3, -0.25) is 14.5 Å². The highest BCUT2D eigenvalue weighted by atomic mass is 32.2. The predicted octanol–water partition coefficient (Wildman–Crippen LogP) is 5.97. The molecule has 0 bridgehead atoms. The van der Waals surface area contributed by atoms with E-state index in [0.717, 1.165) is 16.7 Å². The van der Waals surface area contributed by atoms with Gasteiger partial charge in [0, 0.05) is 11.3 Å². The number of ketones is 1. The Balaban J connectivity index is 1.56. The number of carbonyl (C=O) groups is 2. The maximum Gasteiger partial charge on any atom is 0.302 e. The van der Waals surface area contributed by atoms with Crippen LogP contribution in [0.4, 0.5) is 5.13 Å². The average Bonchev–Trinajstić information content (AvgIpc) is 3.58. The minimum atomic E-state index is -0.960. The first-order valence-electron chi connectivity index (χ1n) is 11.3. The van der Waals surface area contributed by atoms with Crippen LogP contribution in [0.1, 0.15) is 39.8 Å². The van der Waals surface area contributed by atoms with Crippen molar-refractivity contribution in [3.63, 3.8) is 0 Å². The Bertz CT molecular complexity index is 1490. The van der Waals surface area contributed by atoms with Crippen LogP contribution in [-0.4, -0.2) is 27.0 Å². The summed E-state index contributed by atoms with van der Waals surface area (Å²) in [6.45, 7) is 5.53. The smallest absolute Gasteiger partial charge is 0.302 e. The van der Waals surface area contributed by atoms with Gasteiger partial charge in [0.2, 0.25) is 5.13 Å². The summed E-state index contributed by atoms with van der Waals surface area (Å²) in [7, 11) is 0. The number of hydrogen-bond donors (Lipinski definition) is 1. The fraction of sp³-hybridized carbons (Fsp3) is 0.185. The van der Waals surface area contributed by atoms with Crippen molar-refractivity contribution in [1.82, 2.24) is 10.2 Å². The van der Waals surface area contributed by atoms with Crippen LogP contribution in [0.5, 0.6) is 0 Å². The fourth-order valence-electron chi connectivity index (χ4n) is 4.11. The Hall–Kier alpha value is -3.69. The molecule has 1 aliphatic heterocycles. The van der Waals surface area contributed by atoms with E-state index in [4.69, 9.17) is 4.42 Å². The number of nitrogens with zero attached hydrogens (tertiary/aromatic N) is 3. The van der Waals surface area contributed by atoms with Gasteiger partial charge in [0.15, 0.2) is 4.34 Å². The monoisotopic (exact) mass is 517 g/mol. The molecule has 3 heterocycles. The molecule has 0 aliphatic carbocycles. The standard InChI is InChI=1S/C27H23N3O4S2/c1-15-9-10-16(2)19(13-15)23(31)21-22(20-12-11-17(3)34-20)30(25(33)24(21)32)26-28-29-27(36-26)35-14-18-7-5-4-6-8-18/h4-13,22,31H,14H2,1-3H3/b23-21+. The molecular weight excluding hydrogens is 494 g/mol. The van der Waals surface area contributed by atoms with Gasteiger partial charge < -0.3 is 9.52 Å². The molecule has 1 amide bonds. The molecule has 182 valence electrons. The number of hydrogen-bond acceptors (Lipinski definition) is 8. The SMILES string of the molecule is Cc1ccc(C)c(/C(O)=C2\C(=O)C(=O)N(c3nnc(SCc4ccccc4)s3)C2c2ccc(C)o2)c1. The second kappa shape index (κ2) is 9.75. The molecule has 0 spiro atoms. The normalized spacial score (nSPS) is 17.2. The van der Waals surface area contributed by atoms with Gasteiger partial charge >= 0.3 is 5.91 Å². The first-order valence-corrected chi connectivity index (χ1v) is 13.1. The van der Waals surface area contributed by atoms with E-state index in [9.17, 15) is 14.7 Å². The summed E-state index contributed by atoms with van der Waals surface area (Å²) in [6, 6.07) is 18.1. The zero-order chi connectivity index (χ0) is 25.4. The summed E-state index contributed by atoms with van der Waals surface area (Å²) in [5.41, 5.74) is 3.31. The molecule has 7 nitrogen and oxygen atoms in total. The summed E-state index contributed by atoms with van der Waals surface area (Å²) in [4.78, 5) is 27.9. The van der Waals surface area contributed by atoms with Crippen LogP contribution in [-0.2, 0) is 15.3 Å². The molecule has 1 aliphatic rings. The van der Waals surface area contributed by atoms with E-state index in [-0.39, 0.29) is 16.5 Å². The highest BCUT2D eigenvalue weighted by Crippen LogP contribution is 2.44. The Morgan fingerprint density at radius 3 is 2.56 bits per heavy atom. The van der Waals surface area contributed by atoms with Crippen molar-refractivity contribution in [3.8, 4) is 0 Å². The van der Waals surface area contributed by atoms with Gasteiger partial charge in [-0.05, 0) is 50.1 Å². The number of aryl methyl sites for hydroxylation is 3. The molecule has 4 aromatic rings. The molecule has 9 heteroatoms. The highest BCUT2D eigenvalue weighted by molar-refractivity contribution is 8.00. The van der Waals surface area contributed by atoms with E-state index in [1.165, 1.54) is 28.0 Å². The molecule has 1 saturated heterocycles. The van der Waals surface area contributed by atoms with Gasteiger partial charge in [-0.15, -0.1) is 10.2 Å². The lowest BCUT2D eigenvalue weighted by Crippen LogP contribution is -2.29. The van der Waals surface area contributed by atoms with Crippen LogP contribution in [0.15, 0.2) is 75.0 Å². The number of amides is 1. The van der Waals surface area contributed by atoms with Crippen molar-refractivity contribution in [2.24, 2.45) is 0 Å². The Kier molecular flexibility index (Phi) is 6.51. The van der Waals surface area contributed by atoms with Gasteiger partial charge in [-0.25, -0.2) is 0 Å². The van der Waals surface area contributed by atoms with Gasteiger partial charge in [0.25, 0.3) is 5.78 Å². The van der Waals surface area contributed by atoms with Crippen LogP contribution in [0, 0.1) is 20.8 Å². The Labute approximate surface area is 216 Å². The van der Waals surface area contributed by atoms with E-state index in [1.54, 1.807) is 25.1 Å². The summed E-state index contributed by atoms with van der Waals surface area (Å²) < 4.78 is 6.52. The quantitative estimate of drug-likeness (QED) is 0.111. The van der Waals surface area contributed by atoms with Crippen molar-refractivity contribution in [2.75, 3.05) is 4.90 Å². The molecule has 0 radical (unpaired) electrons. The Morgan fingerprint density at radius 2 is 1.83 bits per heavy atom. The van der Waals surface area contributed by atoms with Crippen LogP contribution in [0.2, 0.25) is 0 Å². The maximum absolute atomic E-state index is 13.3. The third kappa shape index (κ3) is 4.47. The van der Waals surface area contributed by atoms with E-state index in [1.807, 2.05) is 56.3 Å². The van der Waals surface area contributed by atoms with Gasteiger partial charge in [0.05, 0.1) is 5.57 Å². The van der Waals surface area contributed by atoms with Crippen molar-refractivity contribution >= 4 is 45.7 Å². The van der Waals surface area contributed by atoms with Gasteiger partial charge in [0.1, 0.15) is 23.3 Å². The minimum Gasteiger partial charge on any atom is -0.507 e. The first kappa shape index (κ1) is 24.0. The number of benzene rings is 2. The van der Waals surface area contributed by atoms with E-state index >= 15 is 0 Å². The number of aliphatic hydroxyl groups excluding tert-OH is 1. The van der Waals surface area contributed by atoms with Crippen molar-refractivity contribution in [2.45, 2.75) is 36.9 Å². The summed E-state index contributed by atoms with van der Waals surface area (Å²) in [6.07, 6.45) is 0. The number of carbonyl (C=O) groups excluding carboxylic acids is 2. The molecule has 2 aromatic carbocycles. The van der Waals surface area contributed by atoms with E-state index in [0.29, 0.717) is 27.2 Å². The van der Waals surface area contributed by atoms with E-state index in [2.05, 4.69) is 10.2 Å². The molecule has 5 rings (SSSR count). The maximum atomic E-state index is 13.3. The van der Waals surface area contributed by atoms with Crippen LogP contribution < -0.4 is 4.90 Å². The summed E-state index contributed by atoms with van der Waals surface area (Å²) in [5, 5.41) is 20.1. The second-order valence-corrected chi connectivity index (χ2v) is 10.7. The average molecular weight is 518 g/mol. The number of aliphatic hydroxyl groups is 1. The van der Waals surface area contributed by atoms with Gasteiger partial charge in [-0.2, -0.15) is 0 Å². The lowest BCUT2D eigenvalue weighted by molar-refractivity contribution is -0.132. The summed E-state index contributed by atoms with van der Waals surface area (Å²) >= 11 is 2.72. The molecule has 1 fully saturated rings. The van der Waals surface area contributed by atoms with Crippen molar-refractivity contribution in [3.05, 3.63) is 100 Å². The number of aromatic nitrogens is 2. The van der Waals surface area contributed by atoms with Gasteiger partial charge in [-0.1, -0.05) is 71.1 Å². The molecule has 1 atom stereocenters. The second-order valence-electron chi connectivity index (χ2n) is 8.56. The fourth-order valence-corrected chi connectivity index (χ4v) is 5.94. The molecular formula is C27H23N3O4S2. The molecule has 1 unspecified atom stereocenters. The predicted molar refractivity (Wildman–Crippen MR) is 140 cm³/mol. The largest absolute Gasteiger partial charge is 0.507 e. The summed E-state index contributed by atoms with van der Waals surface area (Å²) in [5.74, 6) is -0.120. The molecule has 1 N–H and O–H groups in total. The van der Waals surface area contributed by atoms with Crippen molar-refractivity contribution in [1.29, 1.82) is 0 Å². The lowest BCUT2D eigenvalue weighted by atomic mass is 9.96. The molecule has 0 saturated carbocycles. The Morgan fingerprint density at radius 1 is 1.06 bits per heavy atom. The number of anilines is 1. The molecule has 2 aromatic heterocycles. The number of rotatable bonds is 6. The topological polar surface area (TPSA) is 96.5 Å². The van der Waals surface area contributed by atoms with Crippen LogP contribution in [0.25, 0.3) is 5.76 Å². The third-order valence-electron chi connectivity index (χ3n) is 5.93. The first-order chi connectivity index (χ1) is 17.3. The number of furan rings is 1. The van der Waals surface area contributed by atoms with E-state index < -0.39 is 17.7 Å². The number of thioether (sulfide) groups is 1. The minimum absolute atomic E-state index is 0.0308. The zero-order valence-electron chi connectivity index (χ0n) is 19.9. The highest BCUT2D eigenvalue weighted by Gasteiger charge is 2.50. The third-order valence-corrected chi connectivity index (χ3v) is 8.06. The zero-order valence-corrected chi connectivity index (χ0v) is 21.5.